The van der Waals surface area contributed by atoms with Gasteiger partial charge in [0.2, 0.25) is 0 Å². The Morgan fingerprint density at radius 2 is 1.50 bits per heavy atom. The third-order valence-corrected chi connectivity index (χ3v) is 9.44. The van der Waals surface area contributed by atoms with Crippen molar-refractivity contribution in [2.45, 2.75) is 69.2 Å². The zero-order valence-electron chi connectivity index (χ0n) is 25.2. The number of halogens is 1. The molecule has 1 aliphatic heterocycles. The first-order valence-electron chi connectivity index (χ1n) is 14.1. The lowest BCUT2D eigenvalue weighted by Crippen LogP contribution is -2.60. The minimum atomic E-state index is -1.36. The molecule has 242 valence electrons. The van der Waals surface area contributed by atoms with Gasteiger partial charge in [0.05, 0.1) is 9.90 Å². The molecule has 1 fully saturated rings. The number of thiophene rings is 1. The van der Waals surface area contributed by atoms with Crippen LogP contribution in [-0.4, -0.2) is 69.7 Å². The molecule has 2 aromatic heterocycles. The van der Waals surface area contributed by atoms with Gasteiger partial charge in [-0.05, 0) is 11.6 Å². The number of carbonyl (C=O) groups is 4. The van der Waals surface area contributed by atoms with E-state index in [4.69, 9.17) is 45.4 Å². The third kappa shape index (κ3) is 7.69. The Balaban J connectivity index is 1.65. The van der Waals surface area contributed by atoms with Crippen molar-refractivity contribution in [2.24, 2.45) is 0 Å². The van der Waals surface area contributed by atoms with Crippen LogP contribution in [0.25, 0.3) is 20.8 Å². The van der Waals surface area contributed by atoms with Crippen molar-refractivity contribution < 1.29 is 42.9 Å². The van der Waals surface area contributed by atoms with Crippen molar-refractivity contribution in [3.63, 3.8) is 0 Å². The molecule has 0 spiro atoms. The molecule has 0 aliphatic carbocycles. The maximum absolute atomic E-state index is 12.5. The molecule has 0 bridgehead atoms. The quantitative estimate of drug-likeness (QED) is 0.120. The summed E-state index contributed by atoms with van der Waals surface area (Å²) in [6, 6.07) is 17.3. The van der Waals surface area contributed by atoms with Gasteiger partial charge in [0, 0.05) is 43.5 Å². The number of hydrogen-bond acceptors (Lipinski definition) is 13. The SMILES string of the molecule is CC(=O)OC[C@H]1O[C@@H](n2nc(-c3sc4ccccc4c3Cl)nc2SCc2ccccc2)[C@H](OC(C)=O)[C@@H](OC(C)=O)[C@H]1OC(C)=O. The maximum atomic E-state index is 12.5. The maximum Gasteiger partial charge on any atom is 0.303 e. The van der Waals surface area contributed by atoms with Crippen LogP contribution in [0.2, 0.25) is 5.02 Å². The van der Waals surface area contributed by atoms with Crippen molar-refractivity contribution in [3.8, 4) is 10.7 Å². The van der Waals surface area contributed by atoms with Crippen LogP contribution in [0.1, 0.15) is 39.5 Å². The second kappa shape index (κ2) is 14.6. The summed E-state index contributed by atoms with van der Waals surface area (Å²) in [6.07, 6.45) is -6.45. The summed E-state index contributed by atoms with van der Waals surface area (Å²) in [6.45, 7) is 4.35. The second-order valence-electron chi connectivity index (χ2n) is 10.3. The van der Waals surface area contributed by atoms with Crippen LogP contribution in [0.5, 0.6) is 0 Å². The number of aromatic nitrogens is 3. The van der Waals surface area contributed by atoms with Crippen LogP contribution in [0.15, 0.2) is 59.8 Å². The minimum absolute atomic E-state index is 0.287. The highest BCUT2D eigenvalue weighted by Crippen LogP contribution is 2.43. The number of rotatable bonds is 10. The van der Waals surface area contributed by atoms with Crippen molar-refractivity contribution >= 4 is 68.7 Å². The molecule has 46 heavy (non-hydrogen) atoms. The first kappa shape index (κ1) is 33.4. The van der Waals surface area contributed by atoms with Crippen molar-refractivity contribution in [1.29, 1.82) is 0 Å². The summed E-state index contributed by atoms with van der Waals surface area (Å²) in [4.78, 5) is 54.2. The fourth-order valence-electron chi connectivity index (χ4n) is 4.95. The van der Waals surface area contributed by atoms with Gasteiger partial charge in [0.25, 0.3) is 0 Å². The topological polar surface area (TPSA) is 145 Å². The van der Waals surface area contributed by atoms with E-state index in [2.05, 4.69) is 0 Å². The van der Waals surface area contributed by atoms with E-state index in [9.17, 15) is 19.2 Å². The molecule has 5 rings (SSSR count). The highest BCUT2D eigenvalue weighted by molar-refractivity contribution is 7.98. The van der Waals surface area contributed by atoms with E-state index in [0.29, 0.717) is 20.8 Å². The van der Waals surface area contributed by atoms with Crippen LogP contribution < -0.4 is 0 Å². The van der Waals surface area contributed by atoms with E-state index in [1.165, 1.54) is 48.6 Å². The molecule has 3 heterocycles. The molecule has 4 aromatic rings. The summed E-state index contributed by atoms with van der Waals surface area (Å²) < 4.78 is 30.8. The lowest BCUT2D eigenvalue weighted by molar-refractivity contribution is -0.271. The molecule has 1 aliphatic rings. The molecule has 2 aromatic carbocycles. The minimum Gasteiger partial charge on any atom is -0.463 e. The number of hydrogen-bond donors (Lipinski definition) is 0. The molecule has 0 radical (unpaired) electrons. The molecule has 15 heteroatoms. The fourth-order valence-corrected chi connectivity index (χ4v) is 7.31. The zero-order valence-corrected chi connectivity index (χ0v) is 27.6. The van der Waals surface area contributed by atoms with E-state index in [1.807, 2.05) is 54.6 Å². The predicted octanol–water partition coefficient (Wildman–Crippen LogP) is 5.36. The standard InChI is InChI=1S/C31H30ClN3O9S2/c1-16(36)40-14-22-25(41-17(2)37)26(42-18(3)38)27(43-19(4)39)30(44-22)35-31(45-15-20-10-6-5-7-11-20)33-29(34-35)28-24(32)21-12-8-9-13-23(21)46-28/h5-13,22,25-27,30H,14-15H2,1-4H3/t22-,25+,26+,27-,30-/m1/s1. The molecular weight excluding hydrogens is 658 g/mol. The number of fused-ring (bicyclic) bond motifs is 1. The van der Waals surface area contributed by atoms with Crippen LogP contribution in [0, 0.1) is 0 Å². The lowest BCUT2D eigenvalue weighted by atomic mass is 9.97. The summed E-state index contributed by atoms with van der Waals surface area (Å²) >= 11 is 9.56. The molecule has 0 amide bonds. The average molecular weight is 688 g/mol. The smallest absolute Gasteiger partial charge is 0.303 e. The van der Waals surface area contributed by atoms with E-state index >= 15 is 0 Å². The first-order chi connectivity index (χ1) is 22.0. The largest absolute Gasteiger partial charge is 0.463 e. The van der Waals surface area contributed by atoms with Gasteiger partial charge in [-0.15, -0.1) is 16.4 Å². The Bertz CT molecular complexity index is 1750. The normalized spacial score (nSPS) is 21.0. The van der Waals surface area contributed by atoms with E-state index < -0.39 is 54.5 Å². The van der Waals surface area contributed by atoms with Crippen LogP contribution in [-0.2, 0) is 48.6 Å². The van der Waals surface area contributed by atoms with Crippen molar-refractivity contribution in [1.82, 2.24) is 14.8 Å². The molecule has 12 nitrogen and oxygen atoms in total. The Kier molecular flexibility index (Phi) is 10.6. The lowest BCUT2D eigenvalue weighted by Gasteiger charge is -2.44. The van der Waals surface area contributed by atoms with Crippen LogP contribution in [0.3, 0.4) is 0 Å². The second-order valence-corrected chi connectivity index (χ2v) is 12.6. The average Bonchev–Trinajstić information content (AvgIpc) is 3.58. The van der Waals surface area contributed by atoms with Gasteiger partial charge in [-0.3, -0.25) is 19.2 Å². The summed E-state index contributed by atoms with van der Waals surface area (Å²) in [5.41, 5.74) is 1.00. The van der Waals surface area contributed by atoms with Gasteiger partial charge in [-0.2, -0.15) is 4.98 Å². The predicted molar refractivity (Wildman–Crippen MR) is 169 cm³/mol. The van der Waals surface area contributed by atoms with Gasteiger partial charge < -0.3 is 23.7 Å². The molecule has 0 N–H and O–H groups in total. The number of benzene rings is 2. The van der Waals surface area contributed by atoms with Crippen LogP contribution >= 0.6 is 34.7 Å². The van der Waals surface area contributed by atoms with Crippen molar-refractivity contribution in [2.75, 3.05) is 6.61 Å². The van der Waals surface area contributed by atoms with Gasteiger partial charge >= 0.3 is 23.9 Å². The van der Waals surface area contributed by atoms with Gasteiger partial charge in [0.15, 0.2) is 35.5 Å². The van der Waals surface area contributed by atoms with E-state index in [1.54, 1.807) is 0 Å². The number of carbonyl (C=O) groups excluding carboxylic acids is 4. The highest BCUT2D eigenvalue weighted by Gasteiger charge is 2.53. The summed E-state index contributed by atoms with van der Waals surface area (Å²) in [7, 11) is 0. The van der Waals surface area contributed by atoms with Crippen LogP contribution in [0.4, 0.5) is 0 Å². The number of esters is 4. The Labute approximate surface area is 277 Å². The van der Waals surface area contributed by atoms with E-state index in [0.717, 1.165) is 22.6 Å². The third-order valence-electron chi connectivity index (χ3n) is 6.76. The molecule has 5 atom stereocenters. The van der Waals surface area contributed by atoms with E-state index in [-0.39, 0.29) is 12.4 Å². The zero-order chi connectivity index (χ0) is 33.0. The Morgan fingerprint density at radius 3 is 2.15 bits per heavy atom. The summed E-state index contributed by atoms with van der Waals surface area (Å²) in [5.74, 6) is -2.02. The monoisotopic (exact) mass is 687 g/mol. The molecule has 0 saturated carbocycles. The number of thioether (sulfide) groups is 1. The highest BCUT2D eigenvalue weighted by atomic mass is 35.5. The number of ether oxygens (including phenoxy) is 5. The number of nitrogens with zero attached hydrogens (tertiary/aromatic N) is 3. The molecular formula is C31H30ClN3O9S2. The fraction of sp³-hybridized carbons (Fsp3) is 0.355. The van der Waals surface area contributed by atoms with Gasteiger partial charge in [-0.1, -0.05) is 71.9 Å². The Hall–Kier alpha value is -3.98. The molecule has 0 unspecified atom stereocenters. The van der Waals surface area contributed by atoms with Gasteiger partial charge in [0.1, 0.15) is 12.7 Å². The Morgan fingerprint density at radius 1 is 0.870 bits per heavy atom. The summed E-state index contributed by atoms with van der Waals surface area (Å²) in [5, 5.41) is 6.48. The van der Waals surface area contributed by atoms with Crippen molar-refractivity contribution in [3.05, 3.63) is 65.2 Å². The first-order valence-corrected chi connectivity index (χ1v) is 16.3. The van der Waals surface area contributed by atoms with Gasteiger partial charge in [-0.25, -0.2) is 4.68 Å². The molecule has 1 saturated heterocycles.